The normalized spacial score (nSPS) is 21.5. The SMILES string of the molecule is Cc1ccc(C(=O)NC2CCN(C(=O)C3(N)CCCCC3)CC2)s1. The molecule has 1 aliphatic heterocycles. The molecule has 0 spiro atoms. The second-order valence-electron chi connectivity index (χ2n) is 7.17. The molecule has 0 radical (unpaired) electrons. The van der Waals surface area contributed by atoms with Crippen LogP contribution in [-0.4, -0.2) is 41.4 Å². The maximum atomic E-state index is 12.7. The maximum absolute atomic E-state index is 12.7. The van der Waals surface area contributed by atoms with Crippen LogP contribution in [0.2, 0.25) is 0 Å². The summed E-state index contributed by atoms with van der Waals surface area (Å²) < 4.78 is 0. The monoisotopic (exact) mass is 349 g/mol. The molecule has 1 saturated heterocycles. The summed E-state index contributed by atoms with van der Waals surface area (Å²) in [6.07, 6.45) is 6.50. The second-order valence-corrected chi connectivity index (χ2v) is 8.45. The minimum atomic E-state index is -0.650. The van der Waals surface area contributed by atoms with Crippen molar-refractivity contribution in [2.75, 3.05) is 13.1 Å². The van der Waals surface area contributed by atoms with Gasteiger partial charge in [-0.3, -0.25) is 9.59 Å². The van der Waals surface area contributed by atoms with Gasteiger partial charge in [0.05, 0.1) is 10.4 Å². The Hall–Kier alpha value is -1.40. The van der Waals surface area contributed by atoms with Gasteiger partial charge in [-0.15, -0.1) is 11.3 Å². The van der Waals surface area contributed by atoms with Crippen molar-refractivity contribution in [3.63, 3.8) is 0 Å². The number of piperidine rings is 1. The number of nitrogens with one attached hydrogen (secondary N) is 1. The fourth-order valence-electron chi connectivity index (χ4n) is 3.75. The van der Waals surface area contributed by atoms with Crippen molar-refractivity contribution in [3.8, 4) is 0 Å². The van der Waals surface area contributed by atoms with Crippen molar-refractivity contribution in [1.29, 1.82) is 0 Å². The highest BCUT2D eigenvalue weighted by Gasteiger charge is 2.39. The van der Waals surface area contributed by atoms with Gasteiger partial charge in [-0.2, -0.15) is 0 Å². The van der Waals surface area contributed by atoms with E-state index in [1.165, 1.54) is 17.8 Å². The molecule has 0 bridgehead atoms. The third kappa shape index (κ3) is 3.81. The smallest absolute Gasteiger partial charge is 0.261 e. The molecular formula is C18H27N3O2S. The van der Waals surface area contributed by atoms with Crippen LogP contribution in [0.5, 0.6) is 0 Å². The van der Waals surface area contributed by atoms with E-state index < -0.39 is 5.54 Å². The molecule has 0 unspecified atom stereocenters. The van der Waals surface area contributed by atoms with Gasteiger partial charge in [0.1, 0.15) is 0 Å². The minimum Gasteiger partial charge on any atom is -0.348 e. The Morgan fingerprint density at radius 2 is 1.88 bits per heavy atom. The van der Waals surface area contributed by atoms with Gasteiger partial charge in [0.15, 0.2) is 0 Å². The van der Waals surface area contributed by atoms with Crippen LogP contribution in [0.3, 0.4) is 0 Å². The zero-order chi connectivity index (χ0) is 17.2. The van der Waals surface area contributed by atoms with Crippen molar-refractivity contribution in [1.82, 2.24) is 10.2 Å². The summed E-state index contributed by atoms with van der Waals surface area (Å²) in [4.78, 5) is 28.8. The van der Waals surface area contributed by atoms with E-state index in [1.807, 2.05) is 24.0 Å². The van der Waals surface area contributed by atoms with Crippen LogP contribution in [0.25, 0.3) is 0 Å². The number of carbonyl (C=O) groups is 2. The highest BCUT2D eigenvalue weighted by atomic mass is 32.1. The molecule has 1 aromatic heterocycles. The van der Waals surface area contributed by atoms with Gasteiger partial charge in [0.25, 0.3) is 5.91 Å². The number of hydrogen-bond donors (Lipinski definition) is 2. The van der Waals surface area contributed by atoms with Gasteiger partial charge >= 0.3 is 0 Å². The first-order valence-electron chi connectivity index (χ1n) is 8.93. The molecule has 1 saturated carbocycles. The molecule has 132 valence electrons. The van der Waals surface area contributed by atoms with Crippen LogP contribution in [0.1, 0.15) is 59.5 Å². The molecule has 3 rings (SSSR count). The van der Waals surface area contributed by atoms with E-state index >= 15 is 0 Å². The number of amides is 2. The molecular weight excluding hydrogens is 322 g/mol. The molecule has 0 atom stereocenters. The summed E-state index contributed by atoms with van der Waals surface area (Å²) in [6, 6.07) is 3.98. The Balaban J connectivity index is 1.50. The Labute approximate surface area is 147 Å². The van der Waals surface area contributed by atoms with E-state index in [0.717, 1.165) is 48.3 Å². The molecule has 1 aliphatic carbocycles. The van der Waals surface area contributed by atoms with Crippen LogP contribution < -0.4 is 11.1 Å². The fourth-order valence-corrected chi connectivity index (χ4v) is 4.52. The van der Waals surface area contributed by atoms with Crippen LogP contribution in [0.15, 0.2) is 12.1 Å². The van der Waals surface area contributed by atoms with Gasteiger partial charge in [-0.25, -0.2) is 0 Å². The first kappa shape index (κ1) is 17.4. The van der Waals surface area contributed by atoms with Crippen LogP contribution in [-0.2, 0) is 4.79 Å². The number of likely N-dealkylation sites (tertiary alicyclic amines) is 1. The Morgan fingerprint density at radius 3 is 2.46 bits per heavy atom. The first-order valence-corrected chi connectivity index (χ1v) is 9.75. The molecule has 24 heavy (non-hydrogen) atoms. The van der Waals surface area contributed by atoms with Crippen LogP contribution >= 0.6 is 11.3 Å². The molecule has 5 nitrogen and oxygen atoms in total. The number of aryl methyl sites for hydroxylation is 1. The average Bonchev–Trinajstić information content (AvgIpc) is 3.02. The summed E-state index contributed by atoms with van der Waals surface area (Å²) in [5.41, 5.74) is 5.72. The first-order chi connectivity index (χ1) is 11.5. The predicted octanol–water partition coefficient (Wildman–Crippen LogP) is 2.44. The Bertz CT molecular complexity index is 599. The topological polar surface area (TPSA) is 75.4 Å². The zero-order valence-electron chi connectivity index (χ0n) is 14.3. The lowest BCUT2D eigenvalue weighted by atomic mass is 9.81. The third-order valence-electron chi connectivity index (χ3n) is 5.25. The summed E-state index contributed by atoms with van der Waals surface area (Å²) in [5, 5.41) is 3.10. The predicted molar refractivity (Wildman–Crippen MR) is 96.1 cm³/mol. The number of rotatable bonds is 3. The fraction of sp³-hybridized carbons (Fsp3) is 0.667. The Morgan fingerprint density at radius 1 is 1.21 bits per heavy atom. The van der Waals surface area contributed by atoms with E-state index in [2.05, 4.69) is 5.32 Å². The van der Waals surface area contributed by atoms with Gasteiger partial charge in [0.2, 0.25) is 5.91 Å². The summed E-state index contributed by atoms with van der Waals surface area (Å²) in [7, 11) is 0. The standard InChI is InChI=1S/C18H27N3O2S/c1-13-5-6-15(24-13)16(22)20-14-7-11-21(12-8-14)17(23)18(19)9-3-2-4-10-18/h5-6,14H,2-4,7-12,19H2,1H3,(H,20,22). The van der Waals surface area contributed by atoms with Crippen molar-refractivity contribution < 1.29 is 9.59 Å². The lowest BCUT2D eigenvalue weighted by Crippen LogP contribution is -2.58. The number of hydrogen-bond acceptors (Lipinski definition) is 4. The van der Waals surface area contributed by atoms with Crippen LogP contribution in [0.4, 0.5) is 0 Å². The highest BCUT2D eigenvalue weighted by Crippen LogP contribution is 2.28. The molecule has 1 aromatic rings. The van der Waals surface area contributed by atoms with Gasteiger partial charge in [-0.1, -0.05) is 19.3 Å². The number of thiophene rings is 1. The molecule has 3 N–H and O–H groups in total. The molecule has 2 heterocycles. The molecule has 0 aromatic carbocycles. The number of carbonyl (C=O) groups excluding carboxylic acids is 2. The van der Waals surface area contributed by atoms with E-state index in [1.54, 1.807) is 0 Å². The quantitative estimate of drug-likeness (QED) is 0.880. The van der Waals surface area contributed by atoms with Crippen molar-refractivity contribution in [2.24, 2.45) is 5.73 Å². The van der Waals surface area contributed by atoms with Gasteiger partial charge in [-0.05, 0) is 44.7 Å². The van der Waals surface area contributed by atoms with Gasteiger partial charge in [0, 0.05) is 24.0 Å². The van der Waals surface area contributed by atoms with E-state index in [-0.39, 0.29) is 17.9 Å². The van der Waals surface area contributed by atoms with Crippen LogP contribution in [0, 0.1) is 6.92 Å². The summed E-state index contributed by atoms with van der Waals surface area (Å²) in [6.45, 7) is 3.37. The molecule has 6 heteroatoms. The van der Waals surface area contributed by atoms with Crippen molar-refractivity contribution >= 4 is 23.2 Å². The molecule has 2 aliphatic rings. The maximum Gasteiger partial charge on any atom is 0.261 e. The van der Waals surface area contributed by atoms with Gasteiger partial charge < -0.3 is 16.0 Å². The van der Waals surface area contributed by atoms with Crippen molar-refractivity contribution in [2.45, 2.75) is 63.5 Å². The van der Waals surface area contributed by atoms with E-state index in [9.17, 15) is 9.59 Å². The Kier molecular flexibility index (Phi) is 5.25. The van der Waals surface area contributed by atoms with E-state index in [4.69, 9.17) is 5.73 Å². The number of nitrogens with zero attached hydrogens (tertiary/aromatic N) is 1. The second kappa shape index (κ2) is 7.23. The summed E-state index contributed by atoms with van der Waals surface area (Å²) >= 11 is 1.51. The lowest BCUT2D eigenvalue weighted by molar-refractivity contribution is -0.139. The largest absolute Gasteiger partial charge is 0.348 e. The third-order valence-corrected chi connectivity index (χ3v) is 6.25. The minimum absolute atomic E-state index is 0.000419. The zero-order valence-corrected chi connectivity index (χ0v) is 15.2. The molecule has 2 fully saturated rings. The number of nitrogens with two attached hydrogens (primary N) is 1. The van der Waals surface area contributed by atoms with Crippen molar-refractivity contribution in [3.05, 3.63) is 21.9 Å². The summed E-state index contributed by atoms with van der Waals surface area (Å²) in [5.74, 6) is 0.112. The van der Waals surface area contributed by atoms with E-state index in [0.29, 0.717) is 13.1 Å². The lowest BCUT2D eigenvalue weighted by Gasteiger charge is -2.40. The molecule has 2 amide bonds. The highest BCUT2D eigenvalue weighted by molar-refractivity contribution is 7.13. The average molecular weight is 350 g/mol.